The zero-order valence-corrected chi connectivity index (χ0v) is 21.6. The minimum Gasteiger partial charge on any atom is -0.481 e. The molecule has 0 aliphatic carbocycles. The molecule has 0 fully saturated rings. The Hall–Kier alpha value is -1.59. The lowest BCUT2D eigenvalue weighted by Crippen LogP contribution is -2.30. The molecule has 0 rings (SSSR count). The predicted molar refractivity (Wildman–Crippen MR) is 132 cm³/mol. The van der Waals surface area contributed by atoms with E-state index in [0.717, 1.165) is 44.9 Å². The van der Waals surface area contributed by atoms with Gasteiger partial charge in [-0.2, -0.15) is 0 Å². The number of hydrogen-bond donors (Lipinski definition) is 3. The van der Waals surface area contributed by atoms with Crippen LogP contribution in [0.25, 0.3) is 0 Å². The molecule has 0 spiro atoms. The molecule has 0 heterocycles. The van der Waals surface area contributed by atoms with Crippen LogP contribution in [0.3, 0.4) is 0 Å². The summed E-state index contributed by atoms with van der Waals surface area (Å²) in [5.74, 6) is -1.99. The Balaban J connectivity index is -0.000000571. The van der Waals surface area contributed by atoms with E-state index >= 15 is 0 Å². The highest BCUT2D eigenvalue weighted by molar-refractivity contribution is 5.74. The third-order valence-electron chi connectivity index (χ3n) is 5.58. The summed E-state index contributed by atoms with van der Waals surface area (Å²) < 4.78 is 0. The number of carboxylic acids is 3. The fraction of sp³-hybridized carbons (Fsp3) is 0.885. The van der Waals surface area contributed by atoms with Gasteiger partial charge in [-0.05, 0) is 32.1 Å². The number of rotatable bonds is 18. The molecule has 0 saturated heterocycles. The van der Waals surface area contributed by atoms with E-state index in [2.05, 4.69) is 13.8 Å². The molecule has 0 aromatic heterocycles. The molecule has 0 aromatic rings. The number of unbranched alkanes of at least 4 members (excludes halogenated alkanes) is 8. The molecular formula is C26H52O6. The fourth-order valence-electron chi connectivity index (χ4n) is 3.41. The Morgan fingerprint density at radius 1 is 0.531 bits per heavy atom. The second kappa shape index (κ2) is 25.7. The van der Waals surface area contributed by atoms with Gasteiger partial charge in [-0.15, -0.1) is 0 Å². The summed E-state index contributed by atoms with van der Waals surface area (Å²) in [4.78, 5) is 30.9. The normalized spacial score (nSPS) is 10.4. The summed E-state index contributed by atoms with van der Waals surface area (Å²) in [6, 6.07) is 0. The van der Waals surface area contributed by atoms with E-state index in [-0.39, 0.29) is 0 Å². The zero-order valence-electron chi connectivity index (χ0n) is 21.6. The first-order valence-corrected chi connectivity index (χ1v) is 12.8. The van der Waals surface area contributed by atoms with Gasteiger partial charge in [0.1, 0.15) is 0 Å². The average Bonchev–Trinajstić information content (AvgIpc) is 2.72. The molecule has 0 atom stereocenters. The molecule has 192 valence electrons. The van der Waals surface area contributed by atoms with E-state index in [4.69, 9.17) is 10.2 Å². The number of carboxylic acid groups (broad SMARTS) is 3. The van der Waals surface area contributed by atoms with Crippen molar-refractivity contribution >= 4 is 17.9 Å². The van der Waals surface area contributed by atoms with E-state index in [1.807, 2.05) is 20.8 Å². The van der Waals surface area contributed by atoms with E-state index in [0.29, 0.717) is 12.8 Å². The van der Waals surface area contributed by atoms with Gasteiger partial charge in [0.25, 0.3) is 0 Å². The van der Waals surface area contributed by atoms with Crippen molar-refractivity contribution in [3.05, 3.63) is 0 Å². The first kappa shape index (κ1) is 35.0. The van der Waals surface area contributed by atoms with Crippen LogP contribution in [0, 0.1) is 5.41 Å². The van der Waals surface area contributed by atoms with E-state index in [1.54, 1.807) is 0 Å². The molecule has 6 heteroatoms. The van der Waals surface area contributed by atoms with Crippen molar-refractivity contribution < 1.29 is 29.7 Å². The summed E-state index contributed by atoms with van der Waals surface area (Å²) in [6.45, 7) is 10.2. The summed E-state index contributed by atoms with van der Waals surface area (Å²) >= 11 is 0. The van der Waals surface area contributed by atoms with Crippen LogP contribution in [0.2, 0.25) is 0 Å². The third kappa shape index (κ3) is 24.7. The van der Waals surface area contributed by atoms with Crippen LogP contribution in [0.4, 0.5) is 0 Å². The van der Waals surface area contributed by atoms with E-state index in [1.165, 1.54) is 51.4 Å². The summed E-state index contributed by atoms with van der Waals surface area (Å²) in [6.07, 6.45) is 16.7. The molecule has 0 aromatic carbocycles. The molecule has 0 bridgehead atoms. The van der Waals surface area contributed by atoms with Crippen molar-refractivity contribution in [2.24, 2.45) is 5.41 Å². The SMILES string of the molecule is CCCC(=O)O.CCCC(=O)O.CCCCCCCC(CC)(CCCCCCC)C(=O)O. The fourth-order valence-corrected chi connectivity index (χ4v) is 3.41. The molecule has 0 radical (unpaired) electrons. The molecule has 0 unspecified atom stereocenters. The second-order valence-corrected chi connectivity index (χ2v) is 8.55. The second-order valence-electron chi connectivity index (χ2n) is 8.55. The summed E-state index contributed by atoms with van der Waals surface area (Å²) in [7, 11) is 0. The monoisotopic (exact) mass is 460 g/mol. The quantitative estimate of drug-likeness (QED) is 0.179. The lowest BCUT2D eigenvalue weighted by atomic mass is 9.76. The van der Waals surface area contributed by atoms with Crippen molar-refractivity contribution in [3.8, 4) is 0 Å². The highest BCUT2D eigenvalue weighted by Gasteiger charge is 2.35. The Bertz CT molecular complexity index is 418. The van der Waals surface area contributed by atoms with Gasteiger partial charge in [-0.3, -0.25) is 14.4 Å². The minimum absolute atomic E-state index is 0.292. The van der Waals surface area contributed by atoms with Crippen LogP contribution < -0.4 is 0 Å². The van der Waals surface area contributed by atoms with Crippen LogP contribution in [0.15, 0.2) is 0 Å². The van der Waals surface area contributed by atoms with Crippen molar-refractivity contribution in [3.63, 3.8) is 0 Å². The Morgan fingerprint density at radius 2 is 0.875 bits per heavy atom. The molecule has 0 aliphatic heterocycles. The number of carbonyl (C=O) groups is 3. The number of hydrogen-bond acceptors (Lipinski definition) is 3. The molecule has 32 heavy (non-hydrogen) atoms. The first-order chi connectivity index (χ1) is 15.2. The Labute approximate surface area is 197 Å². The van der Waals surface area contributed by atoms with Crippen LogP contribution >= 0.6 is 0 Å². The zero-order chi connectivity index (χ0) is 25.3. The van der Waals surface area contributed by atoms with E-state index < -0.39 is 23.3 Å². The maximum absolute atomic E-state index is 11.7. The van der Waals surface area contributed by atoms with Gasteiger partial charge in [0, 0.05) is 12.8 Å². The van der Waals surface area contributed by atoms with Crippen molar-refractivity contribution in [1.29, 1.82) is 0 Å². The van der Waals surface area contributed by atoms with Crippen LogP contribution in [-0.4, -0.2) is 33.2 Å². The molecular weight excluding hydrogens is 408 g/mol. The number of aliphatic carboxylic acids is 3. The largest absolute Gasteiger partial charge is 0.481 e. The van der Waals surface area contributed by atoms with Gasteiger partial charge in [-0.1, -0.05) is 98.8 Å². The van der Waals surface area contributed by atoms with Crippen molar-refractivity contribution in [2.45, 2.75) is 144 Å². The van der Waals surface area contributed by atoms with Crippen LogP contribution in [0.5, 0.6) is 0 Å². The van der Waals surface area contributed by atoms with Gasteiger partial charge in [0.05, 0.1) is 5.41 Å². The van der Waals surface area contributed by atoms with Crippen molar-refractivity contribution in [2.75, 3.05) is 0 Å². The van der Waals surface area contributed by atoms with Gasteiger partial charge in [0.15, 0.2) is 0 Å². The maximum Gasteiger partial charge on any atom is 0.309 e. The molecule has 6 nitrogen and oxygen atoms in total. The maximum atomic E-state index is 11.7. The molecule has 0 aliphatic rings. The van der Waals surface area contributed by atoms with Crippen molar-refractivity contribution in [1.82, 2.24) is 0 Å². The minimum atomic E-state index is -0.711. The predicted octanol–water partition coefficient (Wildman–Crippen LogP) is 7.93. The first-order valence-electron chi connectivity index (χ1n) is 12.8. The molecule has 0 saturated carbocycles. The Kier molecular flexibility index (Phi) is 28.1. The van der Waals surface area contributed by atoms with Crippen LogP contribution in [-0.2, 0) is 14.4 Å². The summed E-state index contributed by atoms with van der Waals surface area (Å²) in [5, 5.41) is 25.5. The van der Waals surface area contributed by atoms with Gasteiger partial charge < -0.3 is 15.3 Å². The third-order valence-corrected chi connectivity index (χ3v) is 5.58. The smallest absolute Gasteiger partial charge is 0.309 e. The lowest BCUT2D eigenvalue weighted by Gasteiger charge is -2.28. The topological polar surface area (TPSA) is 112 Å². The van der Waals surface area contributed by atoms with Gasteiger partial charge in [-0.25, -0.2) is 0 Å². The molecule has 3 N–H and O–H groups in total. The van der Waals surface area contributed by atoms with Crippen LogP contribution in [0.1, 0.15) is 144 Å². The average molecular weight is 461 g/mol. The Morgan fingerprint density at radius 3 is 1.06 bits per heavy atom. The molecule has 0 amide bonds. The lowest BCUT2D eigenvalue weighted by molar-refractivity contribution is -0.150. The van der Waals surface area contributed by atoms with Gasteiger partial charge in [0.2, 0.25) is 0 Å². The summed E-state index contributed by atoms with van der Waals surface area (Å²) in [5.41, 5.74) is -0.446. The highest BCUT2D eigenvalue weighted by atomic mass is 16.4. The highest BCUT2D eigenvalue weighted by Crippen LogP contribution is 2.35. The standard InChI is InChI=1S/C18H36O2.2C4H8O2/c1-4-7-9-11-13-15-18(6-3,17(19)20)16-14-12-10-8-5-2;2*1-2-3-4(5)6/h4-16H2,1-3H3,(H,19,20);2*2-3H2,1H3,(H,5,6). The van der Waals surface area contributed by atoms with E-state index in [9.17, 15) is 19.5 Å². The van der Waals surface area contributed by atoms with Gasteiger partial charge >= 0.3 is 17.9 Å².